The molecule has 0 spiro atoms. The van der Waals surface area contributed by atoms with Crippen LogP contribution in [0.25, 0.3) is 10.8 Å². The van der Waals surface area contributed by atoms with Gasteiger partial charge >= 0.3 is 0 Å². The van der Waals surface area contributed by atoms with E-state index in [1.54, 1.807) is 0 Å². The lowest BCUT2D eigenvalue weighted by Crippen LogP contribution is -2.46. The molecule has 2 nitrogen and oxygen atoms in total. The molecule has 0 aromatic heterocycles. The summed E-state index contributed by atoms with van der Waals surface area (Å²) in [6, 6.07) is 17.2. The molecule has 90 valence electrons. The van der Waals surface area contributed by atoms with Crippen molar-refractivity contribution in [1.29, 1.82) is 5.26 Å². The van der Waals surface area contributed by atoms with E-state index in [9.17, 15) is 0 Å². The fourth-order valence-corrected chi connectivity index (χ4v) is 2.62. The van der Waals surface area contributed by atoms with Crippen molar-refractivity contribution in [3.63, 3.8) is 0 Å². The largest absolute Gasteiger partial charge is 0.379 e. The fraction of sp³-hybridized carbons (Fsp3) is 0.312. The van der Waals surface area contributed by atoms with Crippen LogP contribution in [0.1, 0.15) is 18.4 Å². The van der Waals surface area contributed by atoms with Crippen LogP contribution in [0.3, 0.4) is 0 Å². The van der Waals surface area contributed by atoms with Gasteiger partial charge in [0.25, 0.3) is 0 Å². The number of rotatable bonds is 3. The van der Waals surface area contributed by atoms with E-state index in [-0.39, 0.29) is 5.41 Å². The Morgan fingerprint density at radius 2 is 1.89 bits per heavy atom. The molecule has 0 atom stereocenters. The lowest BCUT2D eigenvalue weighted by molar-refractivity contribution is -0.0636. The summed E-state index contributed by atoms with van der Waals surface area (Å²) in [5.41, 5.74) is 1.38. The van der Waals surface area contributed by atoms with Gasteiger partial charge in [0.15, 0.2) is 0 Å². The van der Waals surface area contributed by atoms with Gasteiger partial charge in [-0.15, -0.1) is 0 Å². The first-order chi connectivity index (χ1) is 8.84. The number of benzene rings is 2. The SMILES string of the molecule is N#CCCC1(c2ccc3ccccc3c2)COC1. The smallest absolute Gasteiger partial charge is 0.0622 e. The lowest BCUT2D eigenvalue weighted by Gasteiger charge is -2.41. The highest BCUT2D eigenvalue weighted by Gasteiger charge is 2.39. The minimum absolute atomic E-state index is 0.0692. The first-order valence-corrected chi connectivity index (χ1v) is 6.28. The van der Waals surface area contributed by atoms with Crippen LogP contribution in [-0.4, -0.2) is 13.2 Å². The summed E-state index contributed by atoms with van der Waals surface area (Å²) in [6.07, 6.45) is 1.48. The van der Waals surface area contributed by atoms with E-state index in [0.29, 0.717) is 6.42 Å². The third kappa shape index (κ3) is 1.77. The Morgan fingerprint density at radius 1 is 1.11 bits per heavy atom. The Hall–Kier alpha value is -1.85. The summed E-state index contributed by atoms with van der Waals surface area (Å²) in [7, 11) is 0. The molecule has 1 fully saturated rings. The quantitative estimate of drug-likeness (QED) is 0.819. The predicted octanol–water partition coefficient (Wildman–Crippen LogP) is 3.41. The van der Waals surface area contributed by atoms with Crippen LogP contribution in [0.2, 0.25) is 0 Å². The van der Waals surface area contributed by atoms with Crippen LogP contribution >= 0.6 is 0 Å². The number of nitrogens with zero attached hydrogens (tertiary/aromatic N) is 1. The molecule has 0 radical (unpaired) electrons. The van der Waals surface area contributed by atoms with Gasteiger partial charge in [-0.1, -0.05) is 42.5 Å². The van der Waals surface area contributed by atoms with E-state index in [4.69, 9.17) is 10.00 Å². The minimum atomic E-state index is 0.0692. The molecule has 0 aliphatic carbocycles. The second kappa shape index (κ2) is 4.44. The van der Waals surface area contributed by atoms with Crippen LogP contribution in [0.4, 0.5) is 0 Å². The van der Waals surface area contributed by atoms with Crippen molar-refractivity contribution in [2.45, 2.75) is 18.3 Å². The van der Waals surface area contributed by atoms with E-state index in [0.717, 1.165) is 19.6 Å². The Labute approximate surface area is 107 Å². The van der Waals surface area contributed by atoms with E-state index in [1.165, 1.54) is 16.3 Å². The van der Waals surface area contributed by atoms with Gasteiger partial charge in [-0.25, -0.2) is 0 Å². The van der Waals surface area contributed by atoms with Crippen molar-refractivity contribution >= 4 is 10.8 Å². The molecule has 1 heterocycles. The number of ether oxygens (including phenoxy) is 1. The molecule has 18 heavy (non-hydrogen) atoms. The van der Waals surface area contributed by atoms with E-state index in [1.807, 2.05) is 0 Å². The average molecular weight is 237 g/mol. The van der Waals surface area contributed by atoms with Crippen LogP contribution in [-0.2, 0) is 10.2 Å². The second-order valence-corrected chi connectivity index (χ2v) is 4.99. The molecule has 2 aromatic carbocycles. The van der Waals surface area contributed by atoms with Crippen LogP contribution < -0.4 is 0 Å². The van der Waals surface area contributed by atoms with Crippen LogP contribution in [0, 0.1) is 11.3 Å². The highest BCUT2D eigenvalue weighted by molar-refractivity contribution is 5.83. The molecular formula is C16H15NO. The summed E-state index contributed by atoms with van der Waals surface area (Å²) >= 11 is 0. The number of hydrogen-bond acceptors (Lipinski definition) is 2. The average Bonchev–Trinajstić information content (AvgIpc) is 2.37. The fourth-order valence-electron chi connectivity index (χ4n) is 2.62. The molecular weight excluding hydrogens is 222 g/mol. The molecule has 0 N–H and O–H groups in total. The summed E-state index contributed by atoms with van der Waals surface area (Å²) in [6.45, 7) is 1.49. The Morgan fingerprint density at radius 3 is 2.56 bits per heavy atom. The van der Waals surface area contributed by atoms with Gasteiger partial charge in [-0.2, -0.15) is 5.26 Å². The maximum Gasteiger partial charge on any atom is 0.0622 e. The van der Waals surface area contributed by atoms with Gasteiger partial charge in [-0.3, -0.25) is 0 Å². The predicted molar refractivity (Wildman–Crippen MR) is 71.3 cm³/mol. The zero-order chi connectivity index (χ0) is 12.4. The molecule has 3 rings (SSSR count). The van der Waals surface area contributed by atoms with Crippen LogP contribution in [0.15, 0.2) is 42.5 Å². The van der Waals surface area contributed by atoms with Gasteiger partial charge in [-0.05, 0) is 22.8 Å². The molecule has 0 bridgehead atoms. The summed E-state index contributed by atoms with van der Waals surface area (Å²) in [5, 5.41) is 11.3. The van der Waals surface area contributed by atoms with Crippen molar-refractivity contribution in [3.8, 4) is 6.07 Å². The van der Waals surface area contributed by atoms with Gasteiger partial charge in [0.1, 0.15) is 0 Å². The van der Waals surface area contributed by atoms with Crippen molar-refractivity contribution in [1.82, 2.24) is 0 Å². The number of fused-ring (bicyclic) bond motifs is 1. The zero-order valence-electron chi connectivity index (χ0n) is 10.2. The normalized spacial score (nSPS) is 17.1. The van der Waals surface area contributed by atoms with Crippen molar-refractivity contribution in [2.75, 3.05) is 13.2 Å². The summed E-state index contributed by atoms with van der Waals surface area (Å²) in [5.74, 6) is 0. The Kier molecular flexibility index (Phi) is 2.77. The van der Waals surface area contributed by atoms with Gasteiger partial charge in [0.05, 0.1) is 19.3 Å². The molecule has 1 saturated heterocycles. The zero-order valence-corrected chi connectivity index (χ0v) is 10.2. The third-order valence-corrected chi connectivity index (χ3v) is 3.83. The molecule has 0 amide bonds. The van der Waals surface area contributed by atoms with Crippen LogP contribution in [0.5, 0.6) is 0 Å². The Bertz CT molecular complexity index is 608. The lowest BCUT2D eigenvalue weighted by atomic mass is 9.74. The molecule has 2 aromatic rings. The van der Waals surface area contributed by atoms with Gasteiger partial charge in [0.2, 0.25) is 0 Å². The second-order valence-electron chi connectivity index (χ2n) is 4.99. The van der Waals surface area contributed by atoms with E-state index in [2.05, 4.69) is 48.5 Å². The topological polar surface area (TPSA) is 33.0 Å². The molecule has 0 unspecified atom stereocenters. The Balaban J connectivity index is 2.00. The first kappa shape index (κ1) is 11.3. The first-order valence-electron chi connectivity index (χ1n) is 6.28. The third-order valence-electron chi connectivity index (χ3n) is 3.83. The van der Waals surface area contributed by atoms with Gasteiger partial charge < -0.3 is 4.74 Å². The van der Waals surface area contributed by atoms with Crippen molar-refractivity contribution in [2.24, 2.45) is 0 Å². The highest BCUT2D eigenvalue weighted by atomic mass is 16.5. The monoisotopic (exact) mass is 237 g/mol. The minimum Gasteiger partial charge on any atom is -0.379 e. The summed E-state index contributed by atoms with van der Waals surface area (Å²) in [4.78, 5) is 0. The van der Waals surface area contributed by atoms with E-state index < -0.39 is 0 Å². The summed E-state index contributed by atoms with van der Waals surface area (Å²) < 4.78 is 5.39. The highest BCUT2D eigenvalue weighted by Crippen LogP contribution is 2.37. The van der Waals surface area contributed by atoms with Crippen molar-refractivity contribution < 1.29 is 4.74 Å². The molecule has 2 heteroatoms. The van der Waals surface area contributed by atoms with Crippen molar-refractivity contribution in [3.05, 3.63) is 48.0 Å². The molecule has 1 aliphatic heterocycles. The standard InChI is InChI=1S/C16H15NO/c17-9-3-8-16(11-18-12-16)15-7-6-13-4-1-2-5-14(13)10-15/h1-2,4-7,10H,3,8,11-12H2. The molecule has 0 saturated carbocycles. The maximum absolute atomic E-state index is 8.78. The molecule has 1 aliphatic rings. The number of hydrogen-bond donors (Lipinski definition) is 0. The maximum atomic E-state index is 8.78. The van der Waals surface area contributed by atoms with E-state index >= 15 is 0 Å². The van der Waals surface area contributed by atoms with Gasteiger partial charge in [0, 0.05) is 11.8 Å². The number of nitriles is 1.